The molecule has 1 N–H and O–H groups in total. The van der Waals surface area contributed by atoms with E-state index >= 15 is 0 Å². The van der Waals surface area contributed by atoms with Crippen LogP contribution in [0.3, 0.4) is 0 Å². The summed E-state index contributed by atoms with van der Waals surface area (Å²) in [5.41, 5.74) is 0. The molecule has 1 nitrogen and oxygen atoms in total. The van der Waals surface area contributed by atoms with Crippen LogP contribution in [-0.2, 0) is 0 Å². The maximum Gasteiger partial charge on any atom is 0.0627 e. The number of alkyl halides is 1. The Hall–Kier alpha value is 0.440. The van der Waals surface area contributed by atoms with Gasteiger partial charge in [-0.1, -0.05) is 29.8 Å². The van der Waals surface area contributed by atoms with Crippen LogP contribution in [0.1, 0.15) is 20.3 Å². The summed E-state index contributed by atoms with van der Waals surface area (Å²) in [6.07, 6.45) is 1.15. The summed E-state index contributed by atoms with van der Waals surface area (Å²) in [5, 5.41) is 3.21. The first-order valence-electron chi connectivity index (χ1n) is 2.68. The quantitative estimate of drug-likeness (QED) is 0.497. The van der Waals surface area contributed by atoms with Crippen LogP contribution in [0, 0.1) is 0 Å². The largest absolute Gasteiger partial charge is 0.305 e. The summed E-state index contributed by atoms with van der Waals surface area (Å²) in [6.45, 7) is 5.29. The highest BCUT2D eigenvalue weighted by molar-refractivity contribution is 9.09. The van der Waals surface area contributed by atoms with Crippen LogP contribution in [0.25, 0.3) is 0 Å². The van der Waals surface area contributed by atoms with Gasteiger partial charge in [0.15, 0.2) is 0 Å². The van der Waals surface area contributed by atoms with Crippen molar-refractivity contribution in [2.45, 2.75) is 25.2 Å². The highest BCUT2D eigenvalue weighted by Crippen LogP contribution is 1.97. The van der Waals surface area contributed by atoms with Gasteiger partial charge < -0.3 is 5.32 Å². The molecule has 0 amide bonds. The van der Waals surface area contributed by atoms with E-state index in [0.717, 1.165) is 13.0 Å². The molecule has 0 aromatic carbocycles. The molecule has 7 heavy (non-hydrogen) atoms. The molecule has 0 aromatic rings. The van der Waals surface area contributed by atoms with Crippen LogP contribution in [0.15, 0.2) is 0 Å². The molecule has 0 aliphatic rings. The van der Waals surface area contributed by atoms with Crippen molar-refractivity contribution in [3.8, 4) is 0 Å². The third kappa shape index (κ3) is 4.29. The molecule has 1 unspecified atom stereocenters. The molecule has 0 rings (SSSR count). The Kier molecular flexibility index (Phi) is 4.88. The van der Waals surface area contributed by atoms with Gasteiger partial charge in [0, 0.05) is 0 Å². The van der Waals surface area contributed by atoms with E-state index in [-0.39, 0.29) is 0 Å². The molecular formula is C5H12BrN. The lowest BCUT2D eigenvalue weighted by molar-refractivity contribution is 0.668. The van der Waals surface area contributed by atoms with E-state index in [9.17, 15) is 0 Å². The van der Waals surface area contributed by atoms with Crippen molar-refractivity contribution in [3.05, 3.63) is 0 Å². The second-order valence-electron chi connectivity index (χ2n) is 1.43. The predicted molar refractivity (Wildman–Crippen MR) is 36.7 cm³/mol. The molecule has 0 fully saturated rings. The first kappa shape index (κ1) is 7.44. The van der Waals surface area contributed by atoms with Crippen molar-refractivity contribution in [3.63, 3.8) is 0 Å². The molecule has 1 atom stereocenters. The molecule has 44 valence electrons. The third-order valence-electron chi connectivity index (χ3n) is 0.784. The van der Waals surface area contributed by atoms with Crippen molar-refractivity contribution in [2.75, 3.05) is 6.54 Å². The number of nitrogens with one attached hydrogen (secondary N) is 1. The van der Waals surface area contributed by atoms with Gasteiger partial charge in [-0.05, 0) is 13.0 Å². The van der Waals surface area contributed by atoms with Gasteiger partial charge in [-0.15, -0.1) is 0 Å². The van der Waals surface area contributed by atoms with Gasteiger partial charge in [0.2, 0.25) is 0 Å². The minimum absolute atomic E-state index is 0.512. The van der Waals surface area contributed by atoms with E-state index in [4.69, 9.17) is 0 Å². The van der Waals surface area contributed by atoms with Crippen LogP contribution in [0.2, 0.25) is 0 Å². The van der Waals surface area contributed by atoms with E-state index in [1.807, 2.05) is 0 Å². The molecule has 0 spiro atoms. The zero-order valence-corrected chi connectivity index (χ0v) is 6.46. The van der Waals surface area contributed by atoms with Gasteiger partial charge in [0.1, 0.15) is 0 Å². The minimum atomic E-state index is 0.512. The molecule has 0 aliphatic carbocycles. The standard InChI is InChI=1S/C5H12BrN/c1-3-5(6)7-4-2/h5,7H,3-4H2,1-2H3. The molecule has 0 radical (unpaired) electrons. The van der Waals surface area contributed by atoms with E-state index < -0.39 is 0 Å². The van der Waals surface area contributed by atoms with Crippen molar-refractivity contribution in [1.29, 1.82) is 0 Å². The van der Waals surface area contributed by atoms with Crippen molar-refractivity contribution >= 4 is 15.9 Å². The Bertz CT molecular complexity index is 39.1. The Morgan fingerprint density at radius 1 is 1.57 bits per heavy atom. The van der Waals surface area contributed by atoms with E-state index in [0.29, 0.717) is 4.95 Å². The zero-order valence-electron chi connectivity index (χ0n) is 4.87. The summed E-state index contributed by atoms with van der Waals surface area (Å²) in [4.78, 5) is 0.512. The maximum atomic E-state index is 3.43. The Labute approximate surface area is 53.6 Å². The molecular weight excluding hydrogens is 154 g/mol. The SMILES string of the molecule is CCNC(Br)CC. The number of hydrogen-bond acceptors (Lipinski definition) is 1. The lowest BCUT2D eigenvalue weighted by Crippen LogP contribution is -2.21. The lowest BCUT2D eigenvalue weighted by atomic mass is 10.5. The van der Waals surface area contributed by atoms with Gasteiger partial charge in [-0.25, -0.2) is 0 Å². The summed E-state index contributed by atoms with van der Waals surface area (Å²) in [6, 6.07) is 0. The van der Waals surface area contributed by atoms with Gasteiger partial charge >= 0.3 is 0 Å². The average molecular weight is 166 g/mol. The summed E-state index contributed by atoms with van der Waals surface area (Å²) in [5.74, 6) is 0. The topological polar surface area (TPSA) is 12.0 Å². The fourth-order valence-corrected chi connectivity index (χ4v) is 0.690. The van der Waals surface area contributed by atoms with Gasteiger partial charge in [0.25, 0.3) is 0 Å². The Morgan fingerprint density at radius 3 is 2.29 bits per heavy atom. The van der Waals surface area contributed by atoms with Gasteiger partial charge in [-0.2, -0.15) is 0 Å². The molecule has 0 heterocycles. The number of hydrogen-bond donors (Lipinski definition) is 1. The number of halogens is 1. The van der Waals surface area contributed by atoms with Crippen molar-refractivity contribution < 1.29 is 0 Å². The van der Waals surface area contributed by atoms with Gasteiger partial charge in [-0.3, -0.25) is 0 Å². The maximum absolute atomic E-state index is 3.43. The average Bonchev–Trinajstić information content (AvgIpc) is 1.68. The molecule has 0 saturated carbocycles. The molecule has 0 bridgehead atoms. The van der Waals surface area contributed by atoms with Crippen LogP contribution in [0.4, 0.5) is 0 Å². The summed E-state index contributed by atoms with van der Waals surface area (Å²) in [7, 11) is 0. The van der Waals surface area contributed by atoms with E-state index in [2.05, 4.69) is 35.1 Å². The molecule has 0 aliphatic heterocycles. The number of rotatable bonds is 3. The second-order valence-corrected chi connectivity index (χ2v) is 2.54. The fraction of sp³-hybridized carbons (Fsp3) is 1.00. The second kappa shape index (κ2) is 4.60. The van der Waals surface area contributed by atoms with Crippen molar-refractivity contribution in [1.82, 2.24) is 5.32 Å². The highest BCUT2D eigenvalue weighted by Gasteiger charge is 1.92. The minimum Gasteiger partial charge on any atom is -0.305 e. The monoisotopic (exact) mass is 165 g/mol. The van der Waals surface area contributed by atoms with Crippen LogP contribution < -0.4 is 5.32 Å². The molecule has 0 aromatic heterocycles. The van der Waals surface area contributed by atoms with Crippen LogP contribution in [0.5, 0.6) is 0 Å². The first-order chi connectivity index (χ1) is 3.31. The van der Waals surface area contributed by atoms with Gasteiger partial charge in [0.05, 0.1) is 4.95 Å². The Morgan fingerprint density at radius 2 is 2.14 bits per heavy atom. The van der Waals surface area contributed by atoms with Crippen molar-refractivity contribution in [2.24, 2.45) is 0 Å². The molecule has 2 heteroatoms. The highest BCUT2D eigenvalue weighted by atomic mass is 79.9. The van der Waals surface area contributed by atoms with Crippen LogP contribution in [-0.4, -0.2) is 11.5 Å². The predicted octanol–water partition coefficient (Wildman–Crippen LogP) is 1.73. The normalized spacial score (nSPS) is 14.1. The Balaban J connectivity index is 2.83. The molecule has 0 saturated heterocycles. The summed E-state index contributed by atoms with van der Waals surface area (Å²) >= 11 is 3.43. The fourth-order valence-electron chi connectivity index (χ4n) is 0.366. The van der Waals surface area contributed by atoms with E-state index in [1.54, 1.807) is 0 Å². The van der Waals surface area contributed by atoms with Crippen LogP contribution >= 0.6 is 15.9 Å². The first-order valence-corrected chi connectivity index (χ1v) is 3.60. The van der Waals surface area contributed by atoms with E-state index in [1.165, 1.54) is 0 Å². The third-order valence-corrected chi connectivity index (χ3v) is 1.76. The smallest absolute Gasteiger partial charge is 0.0627 e. The summed E-state index contributed by atoms with van der Waals surface area (Å²) < 4.78 is 0. The lowest BCUT2D eigenvalue weighted by Gasteiger charge is -2.04. The zero-order chi connectivity index (χ0) is 5.70.